The predicted molar refractivity (Wildman–Crippen MR) is 44.9 cm³/mol. The number of rotatable bonds is 2. The highest BCUT2D eigenvalue weighted by atomic mass is 19.4. The van der Waals surface area contributed by atoms with Crippen LogP contribution in [-0.2, 0) is 6.54 Å². The van der Waals surface area contributed by atoms with E-state index in [2.05, 4.69) is 5.10 Å². The highest BCUT2D eigenvalue weighted by molar-refractivity contribution is 5.10. The molecule has 1 heterocycles. The second-order valence-electron chi connectivity index (χ2n) is 3.66. The minimum atomic E-state index is -4.18. The first-order chi connectivity index (χ1) is 6.56. The Labute approximate surface area is 79.7 Å². The lowest BCUT2D eigenvalue weighted by Gasteiger charge is -2.26. The Morgan fingerprint density at radius 2 is 2.14 bits per heavy atom. The van der Waals surface area contributed by atoms with E-state index in [9.17, 15) is 13.2 Å². The molecular formula is C9H11F3N2. The minimum absolute atomic E-state index is 0.292. The zero-order valence-electron chi connectivity index (χ0n) is 7.59. The zero-order chi connectivity index (χ0) is 10.2. The van der Waals surface area contributed by atoms with Gasteiger partial charge >= 0.3 is 6.18 Å². The summed E-state index contributed by atoms with van der Waals surface area (Å²) >= 11 is 0. The number of hydrogen-bond donors (Lipinski definition) is 0. The topological polar surface area (TPSA) is 17.8 Å². The average Bonchev–Trinajstić information content (AvgIpc) is 2.30. The van der Waals surface area contributed by atoms with Crippen molar-refractivity contribution >= 4 is 0 Å². The van der Waals surface area contributed by atoms with Crippen LogP contribution >= 0.6 is 0 Å². The molecule has 0 N–H and O–H groups in total. The molecule has 1 saturated carbocycles. The molecule has 2 rings (SSSR count). The molecule has 0 saturated heterocycles. The quantitative estimate of drug-likeness (QED) is 0.724. The molecule has 0 aliphatic heterocycles. The second kappa shape index (κ2) is 3.29. The normalized spacial score (nSPS) is 18.2. The number of alkyl halides is 3. The van der Waals surface area contributed by atoms with Gasteiger partial charge in [0.15, 0.2) is 0 Å². The largest absolute Gasteiger partial charge is 0.408 e. The average molecular weight is 204 g/mol. The van der Waals surface area contributed by atoms with Crippen LogP contribution in [-0.4, -0.2) is 16.0 Å². The third-order valence-electron chi connectivity index (χ3n) is 2.60. The molecule has 1 aliphatic carbocycles. The summed E-state index contributed by atoms with van der Waals surface area (Å²) in [4.78, 5) is 0. The molecule has 0 unspecified atom stereocenters. The van der Waals surface area contributed by atoms with E-state index < -0.39 is 12.7 Å². The maximum atomic E-state index is 12.1. The van der Waals surface area contributed by atoms with Crippen LogP contribution in [0.3, 0.4) is 0 Å². The molecule has 2 nitrogen and oxygen atoms in total. The molecule has 5 heteroatoms. The lowest BCUT2D eigenvalue weighted by molar-refractivity contribution is -0.143. The molecule has 1 fully saturated rings. The molecule has 0 aromatic carbocycles. The molecule has 0 bridgehead atoms. The van der Waals surface area contributed by atoms with Gasteiger partial charge in [0.25, 0.3) is 0 Å². The van der Waals surface area contributed by atoms with E-state index in [0.717, 1.165) is 29.6 Å². The molecule has 0 spiro atoms. The lowest BCUT2D eigenvalue weighted by atomic mass is 9.83. The summed E-state index contributed by atoms with van der Waals surface area (Å²) in [6.45, 7) is -0.966. The highest BCUT2D eigenvalue weighted by Crippen LogP contribution is 2.36. The molecule has 1 aromatic rings. The summed E-state index contributed by atoms with van der Waals surface area (Å²) < 4.78 is 37.4. The summed E-state index contributed by atoms with van der Waals surface area (Å²) in [5.74, 6) is 0.292. The van der Waals surface area contributed by atoms with Crippen molar-refractivity contribution < 1.29 is 13.2 Å². The van der Waals surface area contributed by atoms with Crippen LogP contribution in [0.1, 0.15) is 30.9 Å². The van der Waals surface area contributed by atoms with Gasteiger partial charge in [0.05, 0.1) is 0 Å². The van der Waals surface area contributed by atoms with Gasteiger partial charge in [-0.25, -0.2) is 0 Å². The van der Waals surface area contributed by atoms with Crippen molar-refractivity contribution in [3.8, 4) is 0 Å². The minimum Gasteiger partial charge on any atom is -0.260 e. The van der Waals surface area contributed by atoms with Gasteiger partial charge in [-0.05, 0) is 18.9 Å². The molecule has 1 aromatic heterocycles. The molecule has 0 atom stereocenters. The fourth-order valence-electron chi connectivity index (χ4n) is 1.70. The van der Waals surface area contributed by atoms with E-state index >= 15 is 0 Å². The summed E-state index contributed by atoms with van der Waals surface area (Å²) in [5, 5.41) is 3.70. The Hall–Kier alpha value is -1.00. The van der Waals surface area contributed by atoms with Crippen LogP contribution in [0.4, 0.5) is 13.2 Å². The van der Waals surface area contributed by atoms with E-state index in [0.29, 0.717) is 5.92 Å². The Kier molecular flexibility index (Phi) is 2.25. The van der Waals surface area contributed by atoms with Crippen molar-refractivity contribution in [3.05, 3.63) is 18.0 Å². The third kappa shape index (κ3) is 1.91. The summed E-state index contributed by atoms with van der Waals surface area (Å²) in [5.41, 5.74) is 0.730. The van der Waals surface area contributed by atoms with Gasteiger partial charge in [-0.15, -0.1) is 0 Å². The van der Waals surface area contributed by atoms with Crippen LogP contribution in [0.15, 0.2) is 12.3 Å². The van der Waals surface area contributed by atoms with Crippen LogP contribution in [0, 0.1) is 0 Å². The van der Waals surface area contributed by atoms with Crippen LogP contribution < -0.4 is 0 Å². The van der Waals surface area contributed by atoms with Gasteiger partial charge in [-0.1, -0.05) is 6.42 Å². The van der Waals surface area contributed by atoms with Crippen molar-refractivity contribution in [2.45, 2.75) is 37.9 Å². The predicted octanol–water partition coefficient (Wildman–Crippen LogP) is 2.71. The third-order valence-corrected chi connectivity index (χ3v) is 2.60. The first kappa shape index (κ1) is 9.55. The Morgan fingerprint density at radius 1 is 1.43 bits per heavy atom. The smallest absolute Gasteiger partial charge is 0.260 e. The second-order valence-corrected chi connectivity index (χ2v) is 3.66. The van der Waals surface area contributed by atoms with E-state index in [1.807, 2.05) is 0 Å². The van der Waals surface area contributed by atoms with E-state index in [-0.39, 0.29) is 0 Å². The van der Waals surface area contributed by atoms with Gasteiger partial charge in [0.1, 0.15) is 6.54 Å². The number of hydrogen-bond acceptors (Lipinski definition) is 1. The molecule has 78 valence electrons. The van der Waals surface area contributed by atoms with Gasteiger partial charge in [0, 0.05) is 17.8 Å². The first-order valence-corrected chi connectivity index (χ1v) is 4.65. The molecule has 14 heavy (non-hydrogen) atoms. The van der Waals surface area contributed by atoms with Gasteiger partial charge in [-0.3, -0.25) is 4.68 Å². The first-order valence-electron chi connectivity index (χ1n) is 4.65. The van der Waals surface area contributed by atoms with Crippen LogP contribution in [0.5, 0.6) is 0 Å². The summed E-state index contributed by atoms with van der Waals surface area (Å²) in [7, 11) is 0. The molecule has 0 radical (unpaired) electrons. The number of aromatic nitrogens is 2. The fourth-order valence-corrected chi connectivity index (χ4v) is 1.70. The van der Waals surface area contributed by atoms with E-state index in [1.165, 1.54) is 6.20 Å². The monoisotopic (exact) mass is 204 g/mol. The SMILES string of the molecule is FC(F)(F)Cn1nccc1C1CCC1. The van der Waals surface area contributed by atoms with Crippen molar-refractivity contribution in [2.24, 2.45) is 0 Å². The van der Waals surface area contributed by atoms with Gasteiger partial charge in [-0.2, -0.15) is 18.3 Å². The van der Waals surface area contributed by atoms with Crippen molar-refractivity contribution in [3.63, 3.8) is 0 Å². The van der Waals surface area contributed by atoms with Gasteiger partial charge < -0.3 is 0 Å². The van der Waals surface area contributed by atoms with Crippen molar-refractivity contribution in [1.82, 2.24) is 9.78 Å². The molecule has 1 aliphatic rings. The lowest BCUT2D eigenvalue weighted by Crippen LogP contribution is -2.23. The zero-order valence-corrected chi connectivity index (χ0v) is 7.59. The maximum Gasteiger partial charge on any atom is 0.408 e. The Balaban J connectivity index is 2.13. The number of halogens is 3. The van der Waals surface area contributed by atoms with E-state index in [4.69, 9.17) is 0 Å². The molecule has 0 amide bonds. The van der Waals surface area contributed by atoms with Crippen molar-refractivity contribution in [2.75, 3.05) is 0 Å². The Morgan fingerprint density at radius 3 is 2.64 bits per heavy atom. The summed E-state index contributed by atoms with van der Waals surface area (Å²) in [6, 6.07) is 1.69. The standard InChI is InChI=1S/C9H11F3N2/c10-9(11,12)6-14-8(4-5-13-14)7-2-1-3-7/h4-5,7H,1-3,6H2. The van der Waals surface area contributed by atoms with E-state index in [1.54, 1.807) is 6.07 Å². The molecular weight excluding hydrogens is 193 g/mol. The number of nitrogens with zero attached hydrogens (tertiary/aromatic N) is 2. The summed E-state index contributed by atoms with van der Waals surface area (Å²) in [6.07, 6.45) is 0.360. The van der Waals surface area contributed by atoms with Crippen LogP contribution in [0.2, 0.25) is 0 Å². The fraction of sp³-hybridized carbons (Fsp3) is 0.667. The van der Waals surface area contributed by atoms with Crippen molar-refractivity contribution in [1.29, 1.82) is 0 Å². The Bertz CT molecular complexity index is 312. The highest BCUT2D eigenvalue weighted by Gasteiger charge is 2.31. The maximum absolute atomic E-state index is 12.1. The van der Waals surface area contributed by atoms with Gasteiger partial charge in [0.2, 0.25) is 0 Å². The van der Waals surface area contributed by atoms with Crippen LogP contribution in [0.25, 0.3) is 0 Å².